The molecule has 104 valence electrons. The van der Waals surface area contributed by atoms with Crippen LogP contribution in [-0.4, -0.2) is 4.92 Å². The van der Waals surface area contributed by atoms with Gasteiger partial charge >= 0.3 is 0 Å². The molecule has 1 N–H and O–H groups in total. The Bertz CT molecular complexity index is 662. The topological polar surface area (TPSA) is 55.2 Å². The number of anilines is 1. The lowest BCUT2D eigenvalue weighted by atomic mass is 10.2. The van der Waals surface area contributed by atoms with Crippen molar-refractivity contribution in [1.29, 1.82) is 0 Å². The molecule has 4 nitrogen and oxygen atoms in total. The summed E-state index contributed by atoms with van der Waals surface area (Å²) in [7, 11) is 0. The zero-order chi connectivity index (χ0) is 14.7. The van der Waals surface area contributed by atoms with Crippen molar-refractivity contribution < 1.29 is 4.92 Å². The molecule has 0 bridgehead atoms. The Balaban J connectivity index is 2.13. The summed E-state index contributed by atoms with van der Waals surface area (Å²) in [5.74, 6) is 0. The third-order valence-electron chi connectivity index (χ3n) is 2.65. The zero-order valence-corrected chi connectivity index (χ0v) is 12.3. The van der Waals surface area contributed by atoms with E-state index in [1.54, 1.807) is 24.3 Å². The highest BCUT2D eigenvalue weighted by Gasteiger charge is 2.09. The average Bonchev–Trinajstić information content (AvgIpc) is 2.38. The van der Waals surface area contributed by atoms with Gasteiger partial charge in [0.2, 0.25) is 0 Å². The minimum Gasteiger partial charge on any atom is -0.380 e. The Morgan fingerprint density at radius 1 is 1.05 bits per heavy atom. The summed E-state index contributed by atoms with van der Waals surface area (Å²) in [6.45, 7) is 0.438. The molecule has 0 saturated carbocycles. The first kappa shape index (κ1) is 14.9. The van der Waals surface area contributed by atoms with Gasteiger partial charge in [-0.2, -0.15) is 0 Å². The summed E-state index contributed by atoms with van der Waals surface area (Å²) < 4.78 is 0. The molecule has 0 saturated heterocycles. The van der Waals surface area contributed by atoms with Crippen molar-refractivity contribution in [3.05, 3.63) is 67.1 Å². The molecule has 2 rings (SSSR count). The standard InChI is InChI=1S/C13H9Cl3N2O2/c14-9-2-1-8(11(15)5-9)7-17-13-4-3-10(18(19)20)6-12(13)16/h1-6,17H,7H2. The second-order valence-electron chi connectivity index (χ2n) is 4.01. The molecule has 20 heavy (non-hydrogen) atoms. The summed E-state index contributed by atoms with van der Waals surface area (Å²) in [5.41, 5.74) is 1.40. The van der Waals surface area contributed by atoms with Gasteiger partial charge in [-0.25, -0.2) is 0 Å². The molecular formula is C13H9Cl3N2O2. The van der Waals surface area contributed by atoms with Crippen LogP contribution in [0, 0.1) is 10.1 Å². The van der Waals surface area contributed by atoms with Crippen LogP contribution in [0.3, 0.4) is 0 Å². The van der Waals surface area contributed by atoms with E-state index in [-0.39, 0.29) is 10.7 Å². The normalized spacial score (nSPS) is 10.3. The van der Waals surface area contributed by atoms with Gasteiger partial charge in [0.1, 0.15) is 0 Å². The monoisotopic (exact) mass is 330 g/mol. The Labute approximate surface area is 130 Å². The second kappa shape index (κ2) is 6.31. The van der Waals surface area contributed by atoms with Crippen LogP contribution >= 0.6 is 34.8 Å². The van der Waals surface area contributed by atoms with Gasteiger partial charge < -0.3 is 5.32 Å². The van der Waals surface area contributed by atoms with Crippen LogP contribution in [0.25, 0.3) is 0 Å². The maximum Gasteiger partial charge on any atom is 0.271 e. The molecule has 2 aromatic rings. The summed E-state index contributed by atoms with van der Waals surface area (Å²) in [5, 5.41) is 15.1. The highest BCUT2D eigenvalue weighted by molar-refractivity contribution is 6.35. The fourth-order valence-electron chi connectivity index (χ4n) is 1.62. The molecule has 7 heteroatoms. The van der Waals surface area contributed by atoms with Crippen molar-refractivity contribution in [2.75, 3.05) is 5.32 Å². The molecule has 0 radical (unpaired) electrons. The minimum atomic E-state index is -0.494. The average molecular weight is 332 g/mol. The van der Waals surface area contributed by atoms with Crippen molar-refractivity contribution in [1.82, 2.24) is 0 Å². The summed E-state index contributed by atoms with van der Waals surface area (Å²) in [4.78, 5) is 10.1. The number of nitro benzene ring substituents is 1. The summed E-state index contributed by atoms with van der Waals surface area (Å²) in [6.07, 6.45) is 0. The molecular weight excluding hydrogens is 323 g/mol. The first-order chi connectivity index (χ1) is 9.47. The van der Waals surface area contributed by atoms with Crippen LogP contribution in [0.5, 0.6) is 0 Å². The number of non-ortho nitro benzene ring substituents is 1. The van der Waals surface area contributed by atoms with E-state index in [1.807, 2.05) is 0 Å². The quantitative estimate of drug-likeness (QED) is 0.621. The number of nitro groups is 1. The lowest BCUT2D eigenvalue weighted by Gasteiger charge is -2.09. The van der Waals surface area contributed by atoms with E-state index in [2.05, 4.69) is 5.32 Å². The Kier molecular flexibility index (Phi) is 4.70. The zero-order valence-electron chi connectivity index (χ0n) is 10.1. The van der Waals surface area contributed by atoms with Gasteiger partial charge in [0.05, 0.1) is 15.6 Å². The fraction of sp³-hybridized carbons (Fsp3) is 0.0769. The third-order valence-corrected chi connectivity index (χ3v) is 3.55. The third kappa shape index (κ3) is 3.54. The number of halogens is 3. The smallest absolute Gasteiger partial charge is 0.271 e. The Hall–Kier alpha value is -1.49. The lowest BCUT2D eigenvalue weighted by Crippen LogP contribution is -2.01. The van der Waals surface area contributed by atoms with E-state index in [4.69, 9.17) is 34.8 Å². The lowest BCUT2D eigenvalue weighted by molar-refractivity contribution is -0.384. The maximum absolute atomic E-state index is 10.6. The van der Waals surface area contributed by atoms with Crippen molar-refractivity contribution in [2.24, 2.45) is 0 Å². The van der Waals surface area contributed by atoms with Gasteiger partial charge in [0.25, 0.3) is 5.69 Å². The first-order valence-corrected chi connectivity index (χ1v) is 6.72. The van der Waals surface area contributed by atoms with E-state index >= 15 is 0 Å². The van der Waals surface area contributed by atoms with Crippen LogP contribution < -0.4 is 5.32 Å². The highest BCUT2D eigenvalue weighted by Crippen LogP contribution is 2.28. The van der Waals surface area contributed by atoms with E-state index in [0.29, 0.717) is 22.3 Å². The Morgan fingerprint density at radius 2 is 1.80 bits per heavy atom. The largest absolute Gasteiger partial charge is 0.380 e. The van der Waals surface area contributed by atoms with Crippen LogP contribution in [-0.2, 0) is 6.54 Å². The number of nitrogens with zero attached hydrogens (tertiary/aromatic N) is 1. The number of nitrogens with one attached hydrogen (secondary N) is 1. The molecule has 0 fully saturated rings. The summed E-state index contributed by atoms with van der Waals surface area (Å²) >= 11 is 17.9. The van der Waals surface area contributed by atoms with Crippen molar-refractivity contribution in [3.63, 3.8) is 0 Å². The van der Waals surface area contributed by atoms with Gasteiger partial charge in [0.15, 0.2) is 0 Å². The number of hydrogen-bond acceptors (Lipinski definition) is 3. The molecule has 0 spiro atoms. The van der Waals surface area contributed by atoms with Gasteiger partial charge in [-0.15, -0.1) is 0 Å². The predicted octanol–water partition coefficient (Wildman–Crippen LogP) is 5.17. The minimum absolute atomic E-state index is 0.0509. The van der Waals surface area contributed by atoms with Crippen molar-refractivity contribution in [2.45, 2.75) is 6.54 Å². The molecule has 0 amide bonds. The molecule has 0 atom stereocenters. The molecule has 0 aliphatic rings. The highest BCUT2D eigenvalue weighted by atomic mass is 35.5. The molecule has 2 aromatic carbocycles. The van der Waals surface area contributed by atoms with Crippen LogP contribution in [0.4, 0.5) is 11.4 Å². The molecule has 0 aromatic heterocycles. The molecule has 0 unspecified atom stereocenters. The van der Waals surface area contributed by atoms with E-state index < -0.39 is 4.92 Å². The molecule has 0 heterocycles. The fourth-order valence-corrected chi connectivity index (χ4v) is 2.33. The maximum atomic E-state index is 10.6. The number of rotatable bonds is 4. The van der Waals surface area contributed by atoms with Gasteiger partial charge in [0, 0.05) is 28.7 Å². The van der Waals surface area contributed by atoms with Crippen molar-refractivity contribution in [3.8, 4) is 0 Å². The van der Waals surface area contributed by atoms with Crippen molar-refractivity contribution >= 4 is 46.2 Å². The second-order valence-corrected chi connectivity index (χ2v) is 5.26. The van der Waals surface area contributed by atoms with Crippen LogP contribution in [0.15, 0.2) is 36.4 Å². The molecule has 0 aliphatic carbocycles. The van der Waals surface area contributed by atoms with Gasteiger partial charge in [-0.3, -0.25) is 10.1 Å². The van der Waals surface area contributed by atoms with Gasteiger partial charge in [-0.05, 0) is 23.8 Å². The number of hydrogen-bond donors (Lipinski definition) is 1. The van der Waals surface area contributed by atoms with E-state index in [1.165, 1.54) is 12.1 Å². The first-order valence-electron chi connectivity index (χ1n) is 5.59. The predicted molar refractivity (Wildman–Crippen MR) is 81.9 cm³/mol. The van der Waals surface area contributed by atoms with Gasteiger partial charge in [-0.1, -0.05) is 40.9 Å². The SMILES string of the molecule is O=[N+]([O-])c1ccc(NCc2ccc(Cl)cc2Cl)c(Cl)c1. The Morgan fingerprint density at radius 3 is 2.40 bits per heavy atom. The van der Waals surface area contributed by atoms with Crippen LogP contribution in [0.2, 0.25) is 15.1 Å². The van der Waals surface area contributed by atoms with Crippen LogP contribution in [0.1, 0.15) is 5.56 Å². The number of benzene rings is 2. The van der Waals surface area contributed by atoms with E-state index in [0.717, 1.165) is 5.56 Å². The van der Waals surface area contributed by atoms with E-state index in [9.17, 15) is 10.1 Å². The molecule has 0 aliphatic heterocycles. The summed E-state index contributed by atoms with van der Waals surface area (Å²) in [6, 6.07) is 9.44.